The van der Waals surface area contributed by atoms with E-state index in [-0.39, 0.29) is 11.1 Å². The van der Waals surface area contributed by atoms with E-state index in [1.165, 1.54) is 6.07 Å². The van der Waals surface area contributed by atoms with Crippen LogP contribution in [0.15, 0.2) is 12.1 Å². The summed E-state index contributed by atoms with van der Waals surface area (Å²) in [5, 5.41) is 20.8. The molecule has 302 valence electrons. The molecule has 0 unspecified atom stereocenters. The number of rotatable bonds is 30. The fraction of sp³-hybridized carbons (Fsp3) is 0.762. The van der Waals surface area contributed by atoms with Crippen molar-refractivity contribution >= 4 is 37.5 Å². The van der Waals surface area contributed by atoms with Crippen LogP contribution in [-0.2, 0) is 9.05 Å². The average molecular weight is 771 g/mol. The van der Waals surface area contributed by atoms with Crippen molar-refractivity contribution in [2.75, 3.05) is 49.3 Å². The van der Waals surface area contributed by atoms with Gasteiger partial charge in [-0.3, -0.25) is 0 Å². The van der Waals surface area contributed by atoms with E-state index in [4.69, 9.17) is 9.05 Å². The molecule has 0 saturated carbocycles. The van der Waals surface area contributed by atoms with Crippen LogP contribution < -0.4 is 0 Å². The maximum absolute atomic E-state index is 14.7. The molecular formula is C42H76O8P2. The Kier molecular flexibility index (Phi) is 21.2. The van der Waals surface area contributed by atoms with Crippen LogP contribution in [0.5, 0.6) is 0 Å². The third-order valence-corrected chi connectivity index (χ3v) is 24.3. The quantitative estimate of drug-likeness (QED) is 0.0740. The van der Waals surface area contributed by atoms with Gasteiger partial charge in [-0.25, -0.2) is 0 Å². The third-order valence-electron chi connectivity index (χ3n) is 11.4. The number of carbonyl (C=O) groups is 4. The number of benzene rings is 1. The van der Waals surface area contributed by atoms with Gasteiger partial charge in [-0.05, 0) is 0 Å². The van der Waals surface area contributed by atoms with Crippen molar-refractivity contribution in [3.8, 4) is 0 Å². The van der Waals surface area contributed by atoms with Crippen LogP contribution in [0.2, 0.25) is 0 Å². The molecule has 0 radical (unpaired) electrons. The van der Waals surface area contributed by atoms with Crippen molar-refractivity contribution in [2.45, 2.75) is 158 Å². The number of hydrogen-bond acceptors (Lipinski definition) is 6. The molecule has 8 nitrogen and oxygen atoms in total. The number of carboxylic acid groups (broad SMARTS) is 2. The van der Waals surface area contributed by atoms with Crippen LogP contribution in [0, 0.1) is 0 Å². The SMILES string of the molecule is CCCCP(CCCC)(CCCC)(CCCC)OC(=O)c1cc(C(=O)OP(CCCC)(CCCC)(CCCC)CCCC)c(C(=O)O)cc1C(=O)O. The van der Waals surface area contributed by atoms with Gasteiger partial charge in [-0.2, -0.15) is 0 Å². The topological polar surface area (TPSA) is 127 Å². The Morgan fingerprint density at radius 2 is 0.596 bits per heavy atom. The Hall–Kier alpha value is -2.04. The van der Waals surface area contributed by atoms with Crippen LogP contribution in [0.1, 0.15) is 200 Å². The first-order valence-electron chi connectivity index (χ1n) is 20.9. The second-order valence-corrected chi connectivity index (χ2v) is 27.0. The number of unbranched alkanes of at least 4 members (excludes halogenated alkanes) is 8. The molecule has 0 heterocycles. The first-order chi connectivity index (χ1) is 24.7. The molecule has 0 saturated heterocycles. The minimum absolute atomic E-state index is 0.260. The maximum atomic E-state index is 14.7. The Morgan fingerprint density at radius 1 is 0.404 bits per heavy atom. The summed E-state index contributed by atoms with van der Waals surface area (Å²) >= 11 is 0. The van der Waals surface area contributed by atoms with Crippen molar-refractivity contribution in [3.63, 3.8) is 0 Å². The van der Waals surface area contributed by atoms with E-state index >= 15 is 0 Å². The second-order valence-electron chi connectivity index (χ2n) is 15.6. The number of carboxylic acids is 2. The van der Waals surface area contributed by atoms with Gasteiger partial charge in [-0.15, -0.1) is 0 Å². The summed E-state index contributed by atoms with van der Waals surface area (Å²) in [7, 11) is 0. The van der Waals surface area contributed by atoms with Crippen LogP contribution in [0.25, 0.3) is 0 Å². The van der Waals surface area contributed by atoms with Crippen molar-refractivity contribution < 1.29 is 38.4 Å². The molecule has 52 heavy (non-hydrogen) atoms. The number of hydrogen-bond donors (Lipinski definition) is 2. The van der Waals surface area contributed by atoms with Crippen molar-refractivity contribution in [2.24, 2.45) is 0 Å². The van der Waals surface area contributed by atoms with Crippen molar-refractivity contribution in [1.82, 2.24) is 0 Å². The van der Waals surface area contributed by atoms with E-state index in [1.807, 2.05) is 0 Å². The molecular weight excluding hydrogens is 694 g/mol. The molecule has 0 aromatic heterocycles. The molecule has 0 spiro atoms. The first kappa shape index (κ1) is 48.0. The third kappa shape index (κ3) is 13.1. The monoisotopic (exact) mass is 771 g/mol. The van der Waals surface area contributed by atoms with Crippen LogP contribution in [-0.4, -0.2) is 83.4 Å². The van der Waals surface area contributed by atoms with Gasteiger partial charge in [0.25, 0.3) is 0 Å². The standard InChI is InChI=1S/C42H76O8P2/c1-9-17-25-51(26-18-10-2,27-19-11-3,28-20-12-4)49-41(47)37-34-38(36(40(45)46)33-35(37)39(43)44)42(48)50-52(29-21-13-5,30-22-14-6,31-23-15-7)32-24-16-8/h33-34H,9-32H2,1-8H3,(H,43,44)(H,45,46). The van der Waals surface area contributed by atoms with E-state index in [2.05, 4.69) is 55.4 Å². The average Bonchev–Trinajstić information content (AvgIpc) is 3.14. The molecule has 0 aliphatic rings. The number of aromatic carboxylic acids is 2. The van der Waals surface area contributed by atoms with E-state index in [0.29, 0.717) is 0 Å². The molecule has 10 heteroatoms. The van der Waals surface area contributed by atoms with Crippen LogP contribution in [0.3, 0.4) is 0 Å². The fourth-order valence-electron chi connectivity index (χ4n) is 8.03. The zero-order valence-corrected chi connectivity index (χ0v) is 36.2. The molecule has 0 amide bonds. The summed E-state index contributed by atoms with van der Waals surface area (Å²) in [5.74, 6) is -4.38. The summed E-state index contributed by atoms with van der Waals surface area (Å²) in [6, 6.07) is 2.17. The van der Waals surface area contributed by atoms with Gasteiger partial charge in [0, 0.05) is 0 Å². The zero-order chi connectivity index (χ0) is 39.3. The van der Waals surface area contributed by atoms with Crippen LogP contribution >= 0.6 is 13.7 Å². The molecule has 0 aliphatic heterocycles. The molecule has 1 aromatic carbocycles. The molecule has 2 N–H and O–H groups in total. The van der Waals surface area contributed by atoms with Crippen molar-refractivity contribution in [3.05, 3.63) is 34.4 Å². The summed E-state index contributed by atoms with van der Waals surface area (Å²) in [4.78, 5) is 54.9. The molecule has 1 rings (SSSR count). The van der Waals surface area contributed by atoms with E-state index in [9.17, 15) is 29.4 Å². The van der Waals surface area contributed by atoms with Gasteiger partial charge in [0.2, 0.25) is 0 Å². The Bertz CT molecular complexity index is 1110. The Balaban J connectivity index is 4.16. The van der Waals surface area contributed by atoms with Gasteiger partial charge < -0.3 is 0 Å². The zero-order valence-electron chi connectivity index (χ0n) is 34.4. The van der Waals surface area contributed by atoms with E-state index < -0.39 is 48.7 Å². The summed E-state index contributed by atoms with van der Waals surface area (Å²) in [5.41, 5.74) is -1.44. The first-order valence-corrected chi connectivity index (χ1v) is 26.7. The Labute approximate surface area is 317 Å². The number of carbonyl (C=O) groups excluding carboxylic acids is 2. The summed E-state index contributed by atoms with van der Waals surface area (Å²) in [6.07, 6.45) is 21.1. The van der Waals surface area contributed by atoms with Gasteiger partial charge in [0.05, 0.1) is 0 Å². The summed E-state index contributed by atoms with van der Waals surface area (Å²) in [6.45, 7) is 10.7. The molecule has 0 fully saturated rings. The van der Waals surface area contributed by atoms with Gasteiger partial charge in [-0.1, -0.05) is 0 Å². The molecule has 0 bridgehead atoms. The Morgan fingerprint density at radius 3 is 0.769 bits per heavy atom. The van der Waals surface area contributed by atoms with Gasteiger partial charge in [0.15, 0.2) is 0 Å². The normalized spacial score (nSPS) is 13.5. The predicted octanol–water partition coefficient (Wildman–Crippen LogP) is 12.7. The molecule has 0 atom stereocenters. The summed E-state index contributed by atoms with van der Waals surface area (Å²) < 4.78 is 13.8. The van der Waals surface area contributed by atoms with Gasteiger partial charge in [0.1, 0.15) is 0 Å². The van der Waals surface area contributed by atoms with Crippen molar-refractivity contribution in [1.29, 1.82) is 0 Å². The van der Waals surface area contributed by atoms with Crippen LogP contribution in [0.4, 0.5) is 0 Å². The molecule has 0 aliphatic carbocycles. The fourth-order valence-corrected chi connectivity index (χ4v) is 21.5. The second kappa shape index (κ2) is 23.0. The molecule has 1 aromatic rings. The van der Waals surface area contributed by atoms with E-state index in [0.717, 1.165) is 158 Å². The van der Waals surface area contributed by atoms with Gasteiger partial charge >= 0.3 is 318 Å². The van der Waals surface area contributed by atoms with E-state index in [1.54, 1.807) is 0 Å². The predicted molar refractivity (Wildman–Crippen MR) is 223 cm³/mol. The minimum atomic E-state index is -3.20.